The van der Waals surface area contributed by atoms with Gasteiger partial charge in [0.15, 0.2) is 11.6 Å². The van der Waals surface area contributed by atoms with Crippen LogP contribution in [0.2, 0.25) is 0 Å². The SMILES string of the molecule is COCCN(CC(=O)N1CCc2sccc2[C@H]1COc1ccccc1F)C(=O)c1ccc(C)cc1. The Bertz CT molecular complexity index is 1160. The van der Waals surface area contributed by atoms with Crippen molar-refractivity contribution < 1.29 is 23.5 Å². The molecule has 0 fully saturated rings. The number of aryl methyl sites for hydroxylation is 1. The molecule has 184 valence electrons. The van der Waals surface area contributed by atoms with Gasteiger partial charge in [-0.2, -0.15) is 0 Å². The van der Waals surface area contributed by atoms with Crippen LogP contribution < -0.4 is 4.74 Å². The molecule has 2 aromatic carbocycles. The Hall–Kier alpha value is -3.23. The van der Waals surface area contributed by atoms with E-state index in [-0.39, 0.29) is 36.8 Å². The van der Waals surface area contributed by atoms with Crippen molar-refractivity contribution in [3.8, 4) is 5.75 Å². The number of ether oxygens (including phenoxy) is 2. The third-order valence-electron chi connectivity index (χ3n) is 6.13. The maximum atomic E-state index is 14.1. The molecule has 4 rings (SSSR count). The predicted molar refractivity (Wildman–Crippen MR) is 133 cm³/mol. The van der Waals surface area contributed by atoms with Gasteiger partial charge in [-0.3, -0.25) is 9.59 Å². The van der Waals surface area contributed by atoms with Gasteiger partial charge < -0.3 is 19.3 Å². The highest BCUT2D eigenvalue weighted by Gasteiger charge is 2.33. The van der Waals surface area contributed by atoms with Crippen LogP contribution in [0.15, 0.2) is 60.0 Å². The van der Waals surface area contributed by atoms with E-state index in [1.807, 2.05) is 30.5 Å². The normalized spacial score (nSPS) is 14.9. The number of para-hydroxylation sites is 1. The van der Waals surface area contributed by atoms with Crippen molar-refractivity contribution in [1.29, 1.82) is 0 Å². The lowest BCUT2D eigenvalue weighted by Gasteiger charge is -2.37. The second kappa shape index (κ2) is 11.5. The number of halogens is 1. The highest BCUT2D eigenvalue weighted by molar-refractivity contribution is 7.10. The standard InChI is InChI=1S/C27H29FN2O4S/c1-19-7-9-20(10-8-19)27(32)29(14-15-33-2)17-26(31)30-13-11-25-21(12-16-35-25)23(30)18-34-24-6-4-3-5-22(24)28/h3-10,12,16,23H,11,13-15,17-18H2,1-2H3/t23-/m1/s1. The topological polar surface area (TPSA) is 59.1 Å². The largest absolute Gasteiger partial charge is 0.488 e. The third-order valence-corrected chi connectivity index (χ3v) is 7.12. The molecule has 3 aromatic rings. The van der Waals surface area contributed by atoms with Gasteiger partial charge in [0.25, 0.3) is 5.91 Å². The summed E-state index contributed by atoms with van der Waals surface area (Å²) in [7, 11) is 1.56. The zero-order chi connectivity index (χ0) is 24.8. The van der Waals surface area contributed by atoms with Crippen molar-refractivity contribution in [3.63, 3.8) is 0 Å². The summed E-state index contributed by atoms with van der Waals surface area (Å²) in [5.74, 6) is -0.692. The number of rotatable bonds is 9. The van der Waals surface area contributed by atoms with Crippen molar-refractivity contribution in [2.75, 3.05) is 40.0 Å². The van der Waals surface area contributed by atoms with Crippen LogP contribution in [0.25, 0.3) is 0 Å². The lowest BCUT2D eigenvalue weighted by Crippen LogP contribution is -2.48. The van der Waals surface area contributed by atoms with Crippen molar-refractivity contribution >= 4 is 23.2 Å². The van der Waals surface area contributed by atoms with Crippen LogP contribution in [-0.2, 0) is 16.0 Å². The molecule has 8 heteroatoms. The molecule has 0 N–H and O–H groups in total. The molecule has 1 aliphatic heterocycles. The van der Waals surface area contributed by atoms with Gasteiger partial charge >= 0.3 is 0 Å². The minimum atomic E-state index is -0.443. The van der Waals surface area contributed by atoms with E-state index < -0.39 is 5.82 Å². The van der Waals surface area contributed by atoms with Crippen LogP contribution in [-0.4, -0.2) is 61.6 Å². The fourth-order valence-corrected chi connectivity index (χ4v) is 5.12. The molecule has 6 nitrogen and oxygen atoms in total. The molecule has 2 heterocycles. The smallest absolute Gasteiger partial charge is 0.254 e. The maximum absolute atomic E-state index is 14.1. The van der Waals surface area contributed by atoms with Crippen LogP contribution in [0.1, 0.15) is 32.4 Å². The molecule has 0 saturated carbocycles. The average molecular weight is 497 g/mol. The Morgan fingerprint density at radius 3 is 2.66 bits per heavy atom. The van der Waals surface area contributed by atoms with Crippen LogP contribution in [0, 0.1) is 12.7 Å². The van der Waals surface area contributed by atoms with Gasteiger partial charge in [-0.1, -0.05) is 29.8 Å². The van der Waals surface area contributed by atoms with Crippen molar-refractivity contribution in [2.45, 2.75) is 19.4 Å². The molecule has 0 bridgehead atoms. The van der Waals surface area contributed by atoms with E-state index >= 15 is 0 Å². The number of hydrogen-bond acceptors (Lipinski definition) is 5. The Morgan fingerprint density at radius 2 is 1.91 bits per heavy atom. The molecule has 1 aliphatic rings. The average Bonchev–Trinajstić information content (AvgIpc) is 3.35. The van der Waals surface area contributed by atoms with Crippen molar-refractivity contribution in [2.24, 2.45) is 0 Å². The van der Waals surface area contributed by atoms with Crippen LogP contribution in [0.4, 0.5) is 4.39 Å². The van der Waals surface area contributed by atoms with E-state index in [0.29, 0.717) is 25.3 Å². The Kier molecular flexibility index (Phi) is 8.15. The summed E-state index contributed by atoms with van der Waals surface area (Å²) in [6.07, 6.45) is 0.735. The molecule has 0 saturated heterocycles. The van der Waals surface area contributed by atoms with Crippen molar-refractivity contribution in [1.82, 2.24) is 9.80 Å². The molecular weight excluding hydrogens is 467 g/mol. The van der Waals surface area contributed by atoms with Gasteiger partial charge in [-0.15, -0.1) is 11.3 Å². The summed E-state index contributed by atoms with van der Waals surface area (Å²) >= 11 is 1.65. The molecule has 1 atom stereocenters. The van der Waals surface area contributed by atoms with Crippen molar-refractivity contribution in [3.05, 3.63) is 87.4 Å². The van der Waals surface area contributed by atoms with Crippen LogP contribution in [0.3, 0.4) is 0 Å². The highest BCUT2D eigenvalue weighted by Crippen LogP contribution is 2.34. The summed E-state index contributed by atoms with van der Waals surface area (Å²) in [6, 6.07) is 15.2. The number of nitrogens with zero attached hydrogens (tertiary/aromatic N) is 2. The van der Waals surface area contributed by atoms with E-state index in [9.17, 15) is 14.0 Å². The molecule has 0 radical (unpaired) electrons. The molecular formula is C27H29FN2O4S. The second-order valence-electron chi connectivity index (χ2n) is 8.48. The van der Waals surface area contributed by atoms with Gasteiger partial charge in [0.1, 0.15) is 13.2 Å². The number of amides is 2. The number of carbonyl (C=O) groups is 2. The van der Waals surface area contributed by atoms with E-state index in [0.717, 1.165) is 17.5 Å². The number of fused-ring (bicyclic) bond motifs is 1. The zero-order valence-electron chi connectivity index (χ0n) is 19.9. The summed E-state index contributed by atoms with van der Waals surface area (Å²) in [6.45, 7) is 3.13. The quantitative estimate of drug-likeness (QED) is 0.438. The number of carbonyl (C=O) groups excluding carboxylic acids is 2. The molecule has 35 heavy (non-hydrogen) atoms. The van der Waals surface area contributed by atoms with E-state index in [1.165, 1.54) is 15.8 Å². The summed E-state index contributed by atoms with van der Waals surface area (Å²) in [5, 5.41) is 2.00. The third kappa shape index (κ3) is 5.89. The number of benzene rings is 2. The van der Waals surface area contributed by atoms with E-state index in [1.54, 1.807) is 53.7 Å². The van der Waals surface area contributed by atoms with E-state index in [4.69, 9.17) is 9.47 Å². The lowest BCUT2D eigenvalue weighted by molar-refractivity contribution is -0.135. The highest BCUT2D eigenvalue weighted by atomic mass is 32.1. The molecule has 0 unspecified atom stereocenters. The fourth-order valence-electron chi connectivity index (χ4n) is 4.19. The lowest BCUT2D eigenvalue weighted by atomic mass is 10.0. The maximum Gasteiger partial charge on any atom is 0.254 e. The number of thiophene rings is 1. The Morgan fingerprint density at radius 1 is 1.14 bits per heavy atom. The van der Waals surface area contributed by atoms with Gasteiger partial charge in [-0.25, -0.2) is 4.39 Å². The second-order valence-corrected chi connectivity index (χ2v) is 9.48. The van der Waals surface area contributed by atoms with E-state index in [2.05, 4.69) is 0 Å². The first-order valence-corrected chi connectivity index (χ1v) is 12.4. The molecule has 2 amide bonds. The van der Waals surface area contributed by atoms with Gasteiger partial charge in [0.2, 0.25) is 5.91 Å². The summed E-state index contributed by atoms with van der Waals surface area (Å²) in [4.78, 5) is 31.2. The minimum Gasteiger partial charge on any atom is -0.488 e. The van der Waals surface area contributed by atoms with Crippen LogP contribution >= 0.6 is 11.3 Å². The first-order chi connectivity index (χ1) is 17.0. The summed E-state index contributed by atoms with van der Waals surface area (Å²) in [5.41, 5.74) is 2.59. The number of hydrogen-bond donors (Lipinski definition) is 0. The van der Waals surface area contributed by atoms with Gasteiger partial charge in [-0.05, 0) is 54.6 Å². The predicted octanol–water partition coefficient (Wildman–Crippen LogP) is 4.49. The first kappa shape index (κ1) is 24.9. The molecule has 1 aromatic heterocycles. The number of methoxy groups -OCH3 is 1. The zero-order valence-corrected chi connectivity index (χ0v) is 20.7. The Labute approximate surface area is 208 Å². The molecule has 0 aliphatic carbocycles. The molecule has 0 spiro atoms. The minimum absolute atomic E-state index is 0.0776. The van der Waals surface area contributed by atoms with Crippen LogP contribution in [0.5, 0.6) is 5.75 Å². The van der Waals surface area contributed by atoms with Gasteiger partial charge in [0.05, 0.1) is 12.6 Å². The first-order valence-electron chi connectivity index (χ1n) is 11.6. The van der Waals surface area contributed by atoms with Gasteiger partial charge in [0, 0.05) is 30.6 Å². The fraction of sp³-hybridized carbons (Fsp3) is 0.333. The summed E-state index contributed by atoms with van der Waals surface area (Å²) < 4.78 is 25.1. The monoisotopic (exact) mass is 496 g/mol. The Balaban J connectivity index is 1.53.